The predicted octanol–water partition coefficient (Wildman–Crippen LogP) is -3.56. The molecule has 2 rings (SSSR count). The summed E-state index contributed by atoms with van der Waals surface area (Å²) in [6.45, 7) is 4.27. The summed E-state index contributed by atoms with van der Waals surface area (Å²) in [5, 5.41) is 10.9. The average Bonchev–Trinajstić information content (AvgIpc) is 2.28. The normalized spacial score (nSPS) is 24.3. The summed E-state index contributed by atoms with van der Waals surface area (Å²) >= 11 is 0. The van der Waals surface area contributed by atoms with Crippen LogP contribution in [0.5, 0.6) is 0 Å². The van der Waals surface area contributed by atoms with Crippen LogP contribution in [0.2, 0.25) is 0 Å². The van der Waals surface area contributed by atoms with Gasteiger partial charge in [-0.15, -0.1) is 0 Å². The molecule has 0 aromatic carbocycles. The van der Waals surface area contributed by atoms with E-state index < -0.39 is 12.0 Å². The molecule has 0 N–H and O–H groups in total. The first-order chi connectivity index (χ1) is 8.63. The first kappa shape index (κ1) is 16.4. The van der Waals surface area contributed by atoms with Crippen LogP contribution in [0.25, 0.3) is 0 Å². The molecule has 7 heteroatoms. The number of carbonyl (C=O) groups is 2. The summed E-state index contributed by atoms with van der Waals surface area (Å²) in [6.07, 6.45) is 2.03. The zero-order valence-electron chi connectivity index (χ0n) is 11.6. The summed E-state index contributed by atoms with van der Waals surface area (Å²) < 4.78 is 4.95. The second kappa shape index (κ2) is 7.18. The third kappa shape index (κ3) is 3.65. The summed E-state index contributed by atoms with van der Waals surface area (Å²) in [5.74, 6) is -0.978. The minimum absolute atomic E-state index is 0. The zero-order valence-corrected chi connectivity index (χ0v) is 11.6. The number of amides is 1. The van der Waals surface area contributed by atoms with Gasteiger partial charge in [0.1, 0.15) is 0 Å². The summed E-state index contributed by atoms with van der Waals surface area (Å²) in [5.41, 5.74) is 0. The van der Waals surface area contributed by atoms with Crippen molar-refractivity contribution in [2.75, 3.05) is 26.2 Å². The fourth-order valence-corrected chi connectivity index (χ4v) is 2.69. The summed E-state index contributed by atoms with van der Waals surface area (Å²) in [7, 11) is 0. The van der Waals surface area contributed by atoms with E-state index in [-0.39, 0.29) is 31.0 Å². The number of aliphatic carboxylic acids is 1. The largest absolute Gasteiger partial charge is 1.00 e. The third-order valence-electron chi connectivity index (χ3n) is 3.79. The maximum absolute atomic E-state index is 11.5. The van der Waals surface area contributed by atoms with E-state index in [4.69, 9.17) is 4.74 Å². The third-order valence-corrected chi connectivity index (χ3v) is 3.79. The van der Waals surface area contributed by atoms with E-state index in [1.807, 2.05) is 4.90 Å². The van der Waals surface area contributed by atoms with Gasteiger partial charge in [-0.2, -0.15) is 0 Å². The fraction of sp³-hybridized carbons (Fsp3) is 0.833. The Bertz CT molecular complexity index is 332. The van der Waals surface area contributed by atoms with Crippen molar-refractivity contribution >= 4 is 12.1 Å². The molecule has 2 aliphatic heterocycles. The molecule has 0 saturated carbocycles. The summed E-state index contributed by atoms with van der Waals surface area (Å²) in [4.78, 5) is 26.0. The van der Waals surface area contributed by atoms with E-state index in [0.717, 1.165) is 19.4 Å². The molecule has 0 radical (unpaired) electrons. The van der Waals surface area contributed by atoms with E-state index in [9.17, 15) is 14.7 Å². The molecular weight excluding hydrogens is 243 g/mol. The molecule has 2 heterocycles. The number of likely N-dealkylation sites (tertiary alicyclic amines) is 2. The van der Waals surface area contributed by atoms with Crippen molar-refractivity contribution in [3.63, 3.8) is 0 Å². The van der Waals surface area contributed by atoms with Crippen molar-refractivity contribution < 1.29 is 38.3 Å². The average molecular weight is 262 g/mol. The van der Waals surface area contributed by atoms with Gasteiger partial charge in [-0.25, -0.2) is 4.79 Å². The molecule has 2 saturated heterocycles. The molecule has 102 valence electrons. The number of carbonyl (C=O) groups excluding carboxylic acids is 2. The van der Waals surface area contributed by atoms with Gasteiger partial charge in [0, 0.05) is 25.7 Å². The number of hydrogen-bond donors (Lipinski definition) is 0. The van der Waals surface area contributed by atoms with Crippen LogP contribution in [-0.4, -0.2) is 60.2 Å². The molecule has 0 aliphatic carbocycles. The first-order valence-corrected chi connectivity index (χ1v) is 6.51. The Hall–Kier alpha value is -0.703. The molecule has 6 nitrogen and oxygen atoms in total. The molecule has 0 aromatic heterocycles. The van der Waals surface area contributed by atoms with Crippen molar-refractivity contribution in [2.24, 2.45) is 0 Å². The maximum atomic E-state index is 11.5. The van der Waals surface area contributed by atoms with Crippen LogP contribution in [0.1, 0.15) is 26.2 Å². The van der Waals surface area contributed by atoms with Gasteiger partial charge in [0.2, 0.25) is 0 Å². The SMILES string of the molecule is CCOC(=O)N1CCC(N2CCC2C(=O)[O-])CC1.[Li+]. The Balaban J connectivity index is 0.00000180. The molecule has 2 aliphatic rings. The van der Waals surface area contributed by atoms with Gasteiger partial charge in [-0.1, -0.05) is 0 Å². The van der Waals surface area contributed by atoms with E-state index >= 15 is 0 Å². The van der Waals surface area contributed by atoms with Crippen LogP contribution < -0.4 is 24.0 Å². The van der Waals surface area contributed by atoms with E-state index in [1.54, 1.807) is 11.8 Å². The first-order valence-electron chi connectivity index (χ1n) is 6.51. The van der Waals surface area contributed by atoms with E-state index in [0.29, 0.717) is 26.1 Å². The van der Waals surface area contributed by atoms with Gasteiger partial charge in [-0.3, -0.25) is 4.90 Å². The van der Waals surface area contributed by atoms with Crippen LogP contribution in [0, 0.1) is 0 Å². The number of nitrogens with zero attached hydrogens (tertiary/aromatic N) is 2. The maximum Gasteiger partial charge on any atom is 1.00 e. The quantitative estimate of drug-likeness (QED) is 0.492. The number of carboxylic acid groups (broad SMARTS) is 1. The van der Waals surface area contributed by atoms with Crippen LogP contribution in [0.4, 0.5) is 4.79 Å². The van der Waals surface area contributed by atoms with Crippen molar-refractivity contribution in [1.82, 2.24) is 9.80 Å². The number of carboxylic acids is 1. The zero-order chi connectivity index (χ0) is 13.1. The number of ether oxygens (including phenoxy) is 1. The molecule has 1 atom stereocenters. The predicted molar refractivity (Wildman–Crippen MR) is 61.7 cm³/mol. The Morgan fingerprint density at radius 2 is 1.84 bits per heavy atom. The molecule has 19 heavy (non-hydrogen) atoms. The van der Waals surface area contributed by atoms with Gasteiger partial charge in [0.15, 0.2) is 0 Å². The molecule has 1 amide bonds. The smallest absolute Gasteiger partial charge is 0.548 e. The minimum atomic E-state index is -0.978. The number of rotatable bonds is 3. The molecule has 0 spiro atoms. The van der Waals surface area contributed by atoms with Gasteiger partial charge >= 0.3 is 25.0 Å². The topological polar surface area (TPSA) is 72.9 Å². The second-order valence-electron chi connectivity index (χ2n) is 4.78. The molecule has 0 bridgehead atoms. The number of piperidine rings is 1. The van der Waals surface area contributed by atoms with Crippen LogP contribution in [0.15, 0.2) is 0 Å². The Kier molecular flexibility index (Phi) is 6.18. The monoisotopic (exact) mass is 262 g/mol. The summed E-state index contributed by atoms with van der Waals surface area (Å²) in [6, 6.07) is -0.170. The van der Waals surface area contributed by atoms with Crippen LogP contribution in [0.3, 0.4) is 0 Å². The van der Waals surface area contributed by atoms with Crippen molar-refractivity contribution in [2.45, 2.75) is 38.3 Å². The molecule has 0 aromatic rings. The molecule has 2 fully saturated rings. The Morgan fingerprint density at radius 1 is 1.21 bits per heavy atom. The molecule has 1 unspecified atom stereocenters. The minimum Gasteiger partial charge on any atom is -0.548 e. The van der Waals surface area contributed by atoms with Gasteiger partial charge in [0.25, 0.3) is 0 Å². The van der Waals surface area contributed by atoms with E-state index in [1.165, 1.54) is 0 Å². The fourth-order valence-electron chi connectivity index (χ4n) is 2.69. The van der Waals surface area contributed by atoms with Crippen LogP contribution >= 0.6 is 0 Å². The Labute approximate surface area is 125 Å². The van der Waals surface area contributed by atoms with Gasteiger partial charge < -0.3 is 19.5 Å². The van der Waals surface area contributed by atoms with Crippen molar-refractivity contribution in [3.8, 4) is 0 Å². The van der Waals surface area contributed by atoms with Crippen LogP contribution in [-0.2, 0) is 9.53 Å². The molecular formula is C12H19LiN2O4. The standard InChI is InChI=1S/C12H20N2O4.Li/c1-2-18-12(17)13-6-3-9(4-7-13)14-8-5-10(14)11(15)16;/h9-10H,2-8H2,1H3,(H,15,16);/q;+1/p-1. The van der Waals surface area contributed by atoms with E-state index in [2.05, 4.69) is 0 Å². The second-order valence-corrected chi connectivity index (χ2v) is 4.78. The Morgan fingerprint density at radius 3 is 2.26 bits per heavy atom. The van der Waals surface area contributed by atoms with Crippen molar-refractivity contribution in [3.05, 3.63) is 0 Å². The van der Waals surface area contributed by atoms with Crippen molar-refractivity contribution in [1.29, 1.82) is 0 Å². The van der Waals surface area contributed by atoms with Gasteiger partial charge in [0.05, 0.1) is 18.6 Å². The number of hydrogen-bond acceptors (Lipinski definition) is 5. The van der Waals surface area contributed by atoms with Gasteiger partial charge in [-0.05, 0) is 26.2 Å².